The first-order chi connectivity index (χ1) is 5.74. The summed E-state index contributed by atoms with van der Waals surface area (Å²) in [6.07, 6.45) is 4.13. The molecule has 0 unspecified atom stereocenters. The molecule has 0 bridgehead atoms. The van der Waals surface area contributed by atoms with E-state index in [9.17, 15) is 0 Å². The Morgan fingerprint density at radius 3 is 2.50 bits per heavy atom. The zero-order valence-corrected chi connectivity index (χ0v) is 8.08. The van der Waals surface area contributed by atoms with E-state index in [0.717, 1.165) is 12.5 Å². The molecule has 0 aromatic heterocycles. The average molecular weight is 166 g/mol. The summed E-state index contributed by atoms with van der Waals surface area (Å²) in [6.45, 7) is 6.05. The van der Waals surface area contributed by atoms with Gasteiger partial charge in [-0.1, -0.05) is 6.42 Å². The van der Waals surface area contributed by atoms with Crippen LogP contribution in [0.4, 0.5) is 0 Å². The van der Waals surface area contributed by atoms with Crippen molar-refractivity contribution >= 4 is 0 Å². The predicted octanol–water partition coefficient (Wildman–Crippen LogP) is 2.02. The molecule has 1 aliphatic carbocycles. The molecule has 1 aliphatic rings. The standard InChI is InChI=1S/C10H18N2/c1-9(2)12(7-6-11)8-10-4-3-5-10/h9-10H,3-5,7-8H2,1-2H3. The maximum absolute atomic E-state index is 8.60. The number of rotatable bonds is 4. The van der Waals surface area contributed by atoms with E-state index in [-0.39, 0.29) is 0 Å². The zero-order chi connectivity index (χ0) is 8.97. The van der Waals surface area contributed by atoms with Crippen molar-refractivity contribution < 1.29 is 0 Å². The van der Waals surface area contributed by atoms with Gasteiger partial charge in [0, 0.05) is 12.6 Å². The topological polar surface area (TPSA) is 27.0 Å². The van der Waals surface area contributed by atoms with Crippen molar-refractivity contribution in [2.24, 2.45) is 5.92 Å². The highest BCUT2D eigenvalue weighted by molar-refractivity contribution is 4.82. The molecule has 1 rings (SSSR count). The molecule has 0 aromatic carbocycles. The van der Waals surface area contributed by atoms with Gasteiger partial charge in [0.2, 0.25) is 0 Å². The highest BCUT2D eigenvalue weighted by atomic mass is 15.1. The van der Waals surface area contributed by atoms with Gasteiger partial charge in [-0.25, -0.2) is 0 Å². The fourth-order valence-corrected chi connectivity index (χ4v) is 1.56. The third-order valence-electron chi connectivity index (χ3n) is 2.72. The first-order valence-corrected chi connectivity index (χ1v) is 4.85. The van der Waals surface area contributed by atoms with Crippen LogP contribution in [0.25, 0.3) is 0 Å². The molecule has 0 heterocycles. The summed E-state index contributed by atoms with van der Waals surface area (Å²) in [5.41, 5.74) is 0. The largest absolute Gasteiger partial charge is 0.288 e. The van der Waals surface area contributed by atoms with E-state index in [2.05, 4.69) is 24.8 Å². The van der Waals surface area contributed by atoms with Crippen LogP contribution in [-0.4, -0.2) is 24.0 Å². The molecule has 1 saturated carbocycles. The molecule has 0 amide bonds. The van der Waals surface area contributed by atoms with Crippen molar-refractivity contribution in [3.05, 3.63) is 0 Å². The lowest BCUT2D eigenvalue weighted by Crippen LogP contribution is -2.37. The van der Waals surface area contributed by atoms with E-state index in [1.807, 2.05) is 0 Å². The van der Waals surface area contributed by atoms with Crippen molar-refractivity contribution in [2.75, 3.05) is 13.1 Å². The first kappa shape index (κ1) is 9.54. The Balaban J connectivity index is 2.27. The summed E-state index contributed by atoms with van der Waals surface area (Å²) in [5.74, 6) is 0.876. The third kappa shape index (κ3) is 2.49. The van der Waals surface area contributed by atoms with Gasteiger partial charge in [-0.15, -0.1) is 0 Å². The Bertz CT molecular complexity index is 165. The number of nitrogens with zero attached hydrogens (tertiary/aromatic N) is 2. The smallest absolute Gasteiger partial charge is 0.0868 e. The molecule has 0 aromatic rings. The van der Waals surface area contributed by atoms with Crippen molar-refractivity contribution in [3.63, 3.8) is 0 Å². The maximum atomic E-state index is 8.60. The van der Waals surface area contributed by atoms with Crippen molar-refractivity contribution in [1.82, 2.24) is 4.90 Å². The highest BCUT2D eigenvalue weighted by Crippen LogP contribution is 2.27. The molecular weight excluding hydrogens is 148 g/mol. The Morgan fingerprint density at radius 2 is 2.17 bits per heavy atom. The van der Waals surface area contributed by atoms with E-state index >= 15 is 0 Å². The number of hydrogen-bond acceptors (Lipinski definition) is 2. The van der Waals surface area contributed by atoms with Gasteiger partial charge >= 0.3 is 0 Å². The SMILES string of the molecule is CC(C)N(CC#N)CC1CCC1. The minimum Gasteiger partial charge on any atom is -0.288 e. The molecule has 0 spiro atoms. The Kier molecular flexibility index (Phi) is 3.55. The molecule has 68 valence electrons. The van der Waals surface area contributed by atoms with Crippen LogP contribution in [0.1, 0.15) is 33.1 Å². The fourth-order valence-electron chi connectivity index (χ4n) is 1.56. The second-order valence-electron chi connectivity index (χ2n) is 3.98. The molecular formula is C10H18N2. The molecule has 12 heavy (non-hydrogen) atoms. The number of nitriles is 1. The average Bonchev–Trinajstić information content (AvgIpc) is 1.93. The normalized spacial score (nSPS) is 17.9. The quantitative estimate of drug-likeness (QED) is 0.597. The predicted molar refractivity (Wildman–Crippen MR) is 49.7 cm³/mol. The lowest BCUT2D eigenvalue weighted by molar-refractivity contribution is 0.163. The number of hydrogen-bond donors (Lipinski definition) is 0. The fraction of sp³-hybridized carbons (Fsp3) is 0.900. The lowest BCUT2D eigenvalue weighted by Gasteiger charge is -2.33. The Hall–Kier alpha value is -0.550. The van der Waals surface area contributed by atoms with Crippen LogP contribution in [-0.2, 0) is 0 Å². The van der Waals surface area contributed by atoms with Gasteiger partial charge in [0.05, 0.1) is 12.6 Å². The molecule has 2 heteroatoms. The maximum Gasteiger partial charge on any atom is 0.0868 e. The minimum atomic E-state index is 0.519. The molecule has 2 nitrogen and oxygen atoms in total. The summed E-state index contributed by atoms with van der Waals surface area (Å²) in [5, 5.41) is 8.60. The third-order valence-corrected chi connectivity index (χ3v) is 2.72. The zero-order valence-electron chi connectivity index (χ0n) is 8.08. The Morgan fingerprint density at radius 1 is 1.50 bits per heavy atom. The monoisotopic (exact) mass is 166 g/mol. The summed E-state index contributed by atoms with van der Waals surface area (Å²) in [4.78, 5) is 2.27. The van der Waals surface area contributed by atoms with Crippen molar-refractivity contribution in [2.45, 2.75) is 39.2 Å². The summed E-state index contributed by atoms with van der Waals surface area (Å²) < 4.78 is 0. The van der Waals surface area contributed by atoms with E-state index in [4.69, 9.17) is 5.26 Å². The van der Waals surface area contributed by atoms with Crippen LogP contribution in [0.3, 0.4) is 0 Å². The van der Waals surface area contributed by atoms with Crippen LogP contribution < -0.4 is 0 Å². The van der Waals surface area contributed by atoms with Gasteiger partial charge in [0.15, 0.2) is 0 Å². The van der Waals surface area contributed by atoms with Gasteiger partial charge in [0.1, 0.15) is 0 Å². The molecule has 1 fully saturated rings. The molecule has 0 atom stereocenters. The van der Waals surface area contributed by atoms with Gasteiger partial charge in [0.25, 0.3) is 0 Å². The van der Waals surface area contributed by atoms with Crippen LogP contribution >= 0.6 is 0 Å². The molecule has 0 N–H and O–H groups in total. The summed E-state index contributed by atoms with van der Waals surface area (Å²) in [6, 6.07) is 2.75. The van der Waals surface area contributed by atoms with Crippen LogP contribution in [0, 0.1) is 17.2 Å². The molecule has 0 aliphatic heterocycles. The Labute approximate surface area is 75.2 Å². The van der Waals surface area contributed by atoms with E-state index in [1.165, 1.54) is 19.3 Å². The minimum absolute atomic E-state index is 0.519. The van der Waals surface area contributed by atoms with Crippen molar-refractivity contribution in [1.29, 1.82) is 5.26 Å². The van der Waals surface area contributed by atoms with Crippen LogP contribution in [0.5, 0.6) is 0 Å². The molecule has 0 saturated heterocycles. The van der Waals surface area contributed by atoms with Gasteiger partial charge < -0.3 is 0 Å². The van der Waals surface area contributed by atoms with Gasteiger partial charge in [-0.2, -0.15) is 5.26 Å². The van der Waals surface area contributed by atoms with Crippen LogP contribution in [0.2, 0.25) is 0 Å². The van der Waals surface area contributed by atoms with Crippen LogP contribution in [0.15, 0.2) is 0 Å². The first-order valence-electron chi connectivity index (χ1n) is 4.85. The second kappa shape index (κ2) is 4.47. The van der Waals surface area contributed by atoms with E-state index < -0.39 is 0 Å². The summed E-state index contributed by atoms with van der Waals surface area (Å²) in [7, 11) is 0. The van der Waals surface area contributed by atoms with E-state index in [0.29, 0.717) is 12.6 Å². The van der Waals surface area contributed by atoms with E-state index in [1.54, 1.807) is 0 Å². The van der Waals surface area contributed by atoms with Crippen molar-refractivity contribution in [3.8, 4) is 6.07 Å². The molecule has 0 radical (unpaired) electrons. The summed E-state index contributed by atoms with van der Waals surface area (Å²) >= 11 is 0. The van der Waals surface area contributed by atoms with Gasteiger partial charge in [-0.05, 0) is 32.6 Å². The lowest BCUT2D eigenvalue weighted by atomic mass is 9.85. The second-order valence-corrected chi connectivity index (χ2v) is 3.98. The van der Waals surface area contributed by atoms with Gasteiger partial charge in [-0.3, -0.25) is 4.90 Å². The highest BCUT2D eigenvalue weighted by Gasteiger charge is 2.21.